The molecule has 2 rings (SSSR count). The van der Waals surface area contributed by atoms with E-state index in [9.17, 15) is 9.18 Å². The van der Waals surface area contributed by atoms with Crippen LogP contribution in [-0.4, -0.2) is 49.9 Å². The molecule has 1 fully saturated rings. The van der Waals surface area contributed by atoms with Crippen LogP contribution < -0.4 is 9.64 Å². The maximum atomic E-state index is 13.8. The number of amides is 1. The molecule has 0 aliphatic carbocycles. The van der Waals surface area contributed by atoms with Gasteiger partial charge in [-0.1, -0.05) is 6.07 Å². The van der Waals surface area contributed by atoms with Gasteiger partial charge in [-0.25, -0.2) is 9.18 Å². The second-order valence-electron chi connectivity index (χ2n) is 6.25. The molecular weight excluding hydrogens is 287 g/mol. The Labute approximate surface area is 130 Å². The Balaban J connectivity index is 2.01. The third-order valence-electron chi connectivity index (χ3n) is 3.42. The van der Waals surface area contributed by atoms with Crippen LogP contribution >= 0.6 is 0 Å². The molecule has 1 heterocycles. The summed E-state index contributed by atoms with van der Waals surface area (Å²) in [5, 5.41) is 0. The fourth-order valence-electron chi connectivity index (χ4n) is 2.40. The minimum absolute atomic E-state index is 0.244. The predicted molar refractivity (Wildman–Crippen MR) is 83.0 cm³/mol. The fraction of sp³-hybridized carbons (Fsp3) is 0.562. The molecule has 6 heteroatoms. The largest absolute Gasteiger partial charge is 0.492 e. The SMILES string of the molecule is COc1c(F)cccc1N1CCN(C(=O)OC(C)(C)C)CC1. The highest BCUT2D eigenvalue weighted by Gasteiger charge is 2.27. The molecule has 0 unspecified atom stereocenters. The third kappa shape index (κ3) is 3.81. The lowest BCUT2D eigenvalue weighted by Crippen LogP contribution is -2.50. The van der Waals surface area contributed by atoms with Crippen LogP contribution in [0.25, 0.3) is 0 Å². The molecule has 0 aromatic heterocycles. The van der Waals surface area contributed by atoms with Gasteiger partial charge < -0.3 is 19.3 Å². The van der Waals surface area contributed by atoms with E-state index >= 15 is 0 Å². The lowest BCUT2D eigenvalue weighted by atomic mass is 10.2. The summed E-state index contributed by atoms with van der Waals surface area (Å²) in [6.45, 7) is 7.83. The lowest BCUT2D eigenvalue weighted by Gasteiger charge is -2.37. The number of rotatable bonds is 2. The molecule has 1 aromatic carbocycles. The summed E-state index contributed by atoms with van der Waals surface area (Å²) < 4.78 is 24.3. The Bertz CT molecular complexity index is 535. The number of para-hydroxylation sites is 1. The molecule has 1 aliphatic heterocycles. The second-order valence-corrected chi connectivity index (χ2v) is 6.25. The summed E-state index contributed by atoms with van der Waals surface area (Å²) in [5.74, 6) is -0.136. The van der Waals surface area contributed by atoms with Crippen molar-refractivity contribution in [3.63, 3.8) is 0 Å². The highest BCUT2D eigenvalue weighted by atomic mass is 19.1. The first-order chi connectivity index (χ1) is 10.3. The summed E-state index contributed by atoms with van der Waals surface area (Å²) in [6, 6.07) is 4.86. The van der Waals surface area contributed by atoms with Gasteiger partial charge >= 0.3 is 6.09 Å². The van der Waals surface area contributed by atoms with Gasteiger partial charge in [0.1, 0.15) is 5.60 Å². The van der Waals surface area contributed by atoms with Crippen LogP contribution in [0.5, 0.6) is 5.75 Å². The molecule has 5 nitrogen and oxygen atoms in total. The smallest absolute Gasteiger partial charge is 0.410 e. The van der Waals surface area contributed by atoms with E-state index in [0.717, 1.165) is 0 Å². The number of methoxy groups -OCH3 is 1. The zero-order valence-corrected chi connectivity index (χ0v) is 13.6. The van der Waals surface area contributed by atoms with Crippen LogP contribution in [0.2, 0.25) is 0 Å². The molecule has 0 atom stereocenters. The maximum Gasteiger partial charge on any atom is 0.410 e. The average Bonchev–Trinajstić information content (AvgIpc) is 2.45. The standard InChI is InChI=1S/C16H23FN2O3/c1-16(2,3)22-15(20)19-10-8-18(9-11-19)13-7-5-6-12(17)14(13)21-4/h5-7H,8-11H2,1-4H3. The van der Waals surface area contributed by atoms with Crippen LogP contribution in [0.3, 0.4) is 0 Å². The van der Waals surface area contributed by atoms with E-state index in [1.165, 1.54) is 13.2 Å². The van der Waals surface area contributed by atoms with Gasteiger partial charge in [-0.15, -0.1) is 0 Å². The number of hydrogen-bond acceptors (Lipinski definition) is 4. The Morgan fingerprint density at radius 3 is 2.36 bits per heavy atom. The number of benzene rings is 1. The average molecular weight is 310 g/mol. The summed E-state index contributed by atoms with van der Waals surface area (Å²) in [6.07, 6.45) is -0.307. The van der Waals surface area contributed by atoms with E-state index in [4.69, 9.17) is 9.47 Å². The van der Waals surface area contributed by atoms with Crippen LogP contribution in [0, 0.1) is 5.82 Å². The number of nitrogens with zero attached hydrogens (tertiary/aromatic N) is 2. The first-order valence-electron chi connectivity index (χ1n) is 7.37. The highest BCUT2D eigenvalue weighted by molar-refractivity contribution is 5.69. The zero-order chi connectivity index (χ0) is 16.3. The molecule has 122 valence electrons. The van der Waals surface area contributed by atoms with Gasteiger partial charge in [-0.2, -0.15) is 0 Å². The van der Waals surface area contributed by atoms with Crippen molar-refractivity contribution in [1.29, 1.82) is 0 Å². The molecular formula is C16H23FN2O3. The topological polar surface area (TPSA) is 42.0 Å². The van der Waals surface area contributed by atoms with Crippen LogP contribution in [0.1, 0.15) is 20.8 Å². The Hall–Kier alpha value is -1.98. The third-order valence-corrected chi connectivity index (χ3v) is 3.42. The summed E-state index contributed by atoms with van der Waals surface area (Å²) in [4.78, 5) is 15.7. The van der Waals surface area contributed by atoms with E-state index in [1.807, 2.05) is 31.7 Å². The molecule has 1 saturated heterocycles. The first-order valence-corrected chi connectivity index (χ1v) is 7.37. The van der Waals surface area contributed by atoms with Crippen molar-refractivity contribution in [2.75, 3.05) is 38.2 Å². The minimum Gasteiger partial charge on any atom is -0.492 e. The van der Waals surface area contributed by atoms with Gasteiger partial charge in [0.15, 0.2) is 11.6 Å². The van der Waals surface area contributed by atoms with Crippen molar-refractivity contribution in [2.45, 2.75) is 26.4 Å². The maximum absolute atomic E-state index is 13.8. The van der Waals surface area contributed by atoms with Crippen molar-refractivity contribution in [3.8, 4) is 5.75 Å². The first kappa shape index (κ1) is 16.4. The summed E-state index contributed by atoms with van der Waals surface area (Å²) in [7, 11) is 1.46. The normalized spacial score (nSPS) is 15.7. The number of halogens is 1. The van der Waals surface area contributed by atoms with Crippen molar-refractivity contribution in [1.82, 2.24) is 4.90 Å². The van der Waals surface area contributed by atoms with E-state index in [-0.39, 0.29) is 17.7 Å². The van der Waals surface area contributed by atoms with Crippen molar-refractivity contribution in [3.05, 3.63) is 24.0 Å². The van der Waals surface area contributed by atoms with Crippen LogP contribution in [-0.2, 0) is 4.74 Å². The van der Waals surface area contributed by atoms with E-state index in [1.54, 1.807) is 11.0 Å². The zero-order valence-electron chi connectivity index (χ0n) is 13.6. The van der Waals surface area contributed by atoms with Crippen molar-refractivity contribution < 1.29 is 18.7 Å². The quantitative estimate of drug-likeness (QED) is 0.842. The number of carbonyl (C=O) groups excluding carboxylic acids is 1. The van der Waals surface area contributed by atoms with Crippen LogP contribution in [0.4, 0.5) is 14.9 Å². The molecule has 0 radical (unpaired) electrons. The molecule has 1 aromatic rings. The molecule has 22 heavy (non-hydrogen) atoms. The molecule has 0 N–H and O–H groups in total. The van der Waals surface area contributed by atoms with Crippen LogP contribution in [0.15, 0.2) is 18.2 Å². The monoisotopic (exact) mass is 310 g/mol. The molecule has 0 spiro atoms. The number of piperazine rings is 1. The number of carbonyl (C=O) groups is 1. The van der Waals surface area contributed by atoms with E-state index in [0.29, 0.717) is 31.9 Å². The highest BCUT2D eigenvalue weighted by Crippen LogP contribution is 2.31. The molecule has 1 amide bonds. The Morgan fingerprint density at radius 2 is 1.82 bits per heavy atom. The fourth-order valence-corrected chi connectivity index (χ4v) is 2.40. The van der Waals surface area contributed by atoms with E-state index in [2.05, 4.69) is 0 Å². The van der Waals surface area contributed by atoms with E-state index < -0.39 is 5.60 Å². The Kier molecular flexibility index (Phi) is 4.78. The molecule has 1 aliphatic rings. The number of hydrogen-bond donors (Lipinski definition) is 0. The summed E-state index contributed by atoms with van der Waals surface area (Å²) >= 11 is 0. The van der Waals surface area contributed by atoms with Gasteiger partial charge in [0.05, 0.1) is 12.8 Å². The predicted octanol–water partition coefficient (Wildman–Crippen LogP) is 2.89. The van der Waals surface area contributed by atoms with Crippen molar-refractivity contribution >= 4 is 11.8 Å². The number of ether oxygens (including phenoxy) is 2. The Morgan fingerprint density at radius 1 is 1.18 bits per heavy atom. The molecule has 0 bridgehead atoms. The van der Waals surface area contributed by atoms with Crippen molar-refractivity contribution in [2.24, 2.45) is 0 Å². The summed E-state index contributed by atoms with van der Waals surface area (Å²) in [5.41, 5.74) is 0.214. The second kappa shape index (κ2) is 6.42. The van der Waals surface area contributed by atoms with Gasteiger partial charge in [-0.05, 0) is 32.9 Å². The minimum atomic E-state index is -0.500. The lowest BCUT2D eigenvalue weighted by molar-refractivity contribution is 0.0240. The van der Waals surface area contributed by atoms with Gasteiger partial charge in [0.25, 0.3) is 0 Å². The van der Waals surface area contributed by atoms with Gasteiger partial charge in [0, 0.05) is 26.2 Å². The van der Waals surface area contributed by atoms with Gasteiger partial charge in [0.2, 0.25) is 0 Å². The van der Waals surface area contributed by atoms with Gasteiger partial charge in [-0.3, -0.25) is 0 Å². The molecule has 0 saturated carbocycles. The number of anilines is 1.